The maximum atomic E-state index is 14.3. The molecule has 12 nitrogen and oxygen atoms in total. The molecule has 0 aromatic heterocycles. The van der Waals surface area contributed by atoms with E-state index in [2.05, 4.69) is 5.32 Å². The van der Waals surface area contributed by atoms with Crippen molar-refractivity contribution in [1.29, 1.82) is 0 Å². The molecular formula is C27H33ClFN3O9S2. The Balaban J connectivity index is 2.31. The number of ether oxygens (including phenoxy) is 2. The van der Waals surface area contributed by atoms with E-state index in [0.29, 0.717) is 4.31 Å². The van der Waals surface area contributed by atoms with Gasteiger partial charge in [0.25, 0.3) is 10.0 Å². The second-order valence-corrected chi connectivity index (χ2v) is 15.6. The number of nitrogens with zero attached hydrogens (tertiary/aromatic N) is 2. The smallest absolute Gasteiger partial charge is 0.414 e. The van der Waals surface area contributed by atoms with E-state index in [0.717, 1.165) is 30.0 Å². The lowest BCUT2D eigenvalue weighted by Crippen LogP contribution is -2.67. The molecule has 0 aliphatic carbocycles. The number of Topliss-reactive ketones (excluding diaryl/α,β-unsaturated/α-hetero) is 1. The molecule has 1 fully saturated rings. The average Bonchev–Trinajstić information content (AvgIpc) is 2.88. The van der Waals surface area contributed by atoms with E-state index >= 15 is 0 Å². The number of anilines is 1. The second-order valence-electron chi connectivity index (χ2n) is 11.2. The molecule has 2 aromatic rings. The van der Waals surface area contributed by atoms with Crippen molar-refractivity contribution < 1.29 is 45.1 Å². The topological polar surface area (TPSA) is 156 Å². The third-order valence-corrected chi connectivity index (χ3v) is 10.2. The lowest BCUT2D eigenvalue weighted by atomic mass is 9.90. The number of esters is 1. The summed E-state index contributed by atoms with van der Waals surface area (Å²) in [6, 6.07) is 5.88. The first-order valence-electron chi connectivity index (χ1n) is 12.9. The van der Waals surface area contributed by atoms with Gasteiger partial charge < -0.3 is 19.7 Å². The zero-order valence-electron chi connectivity index (χ0n) is 24.4. The van der Waals surface area contributed by atoms with Crippen LogP contribution in [-0.4, -0.2) is 88.9 Å². The minimum Gasteiger partial charge on any atom is -0.458 e. The summed E-state index contributed by atoms with van der Waals surface area (Å²) in [5.41, 5.74) is -4.17. The van der Waals surface area contributed by atoms with Crippen molar-refractivity contribution in [3.05, 3.63) is 53.3 Å². The molecule has 3 rings (SSSR count). The quantitative estimate of drug-likeness (QED) is 0.330. The monoisotopic (exact) mass is 661 g/mol. The molecule has 0 bridgehead atoms. The van der Waals surface area contributed by atoms with Gasteiger partial charge in [-0.15, -0.1) is 0 Å². The van der Waals surface area contributed by atoms with Gasteiger partial charge in [-0.2, -0.15) is 0 Å². The average molecular weight is 662 g/mol. The number of carbonyl (C=O) groups excluding carboxylic acids is 3. The molecule has 1 heterocycles. The first-order valence-corrected chi connectivity index (χ1v) is 16.5. The molecule has 0 saturated carbocycles. The number of carbonyl (C=O) groups is 3. The van der Waals surface area contributed by atoms with Gasteiger partial charge in [-0.1, -0.05) is 11.6 Å². The van der Waals surface area contributed by atoms with Crippen molar-refractivity contribution in [2.45, 2.75) is 49.8 Å². The van der Waals surface area contributed by atoms with E-state index < -0.39 is 76.4 Å². The maximum absolute atomic E-state index is 14.3. The van der Waals surface area contributed by atoms with Crippen LogP contribution in [0.4, 0.5) is 14.9 Å². The van der Waals surface area contributed by atoms with Crippen molar-refractivity contribution in [2.75, 3.05) is 36.5 Å². The number of halogens is 2. The molecule has 1 amide bonds. The number of amides is 1. The Labute approximate surface area is 255 Å². The van der Waals surface area contributed by atoms with Crippen molar-refractivity contribution in [2.24, 2.45) is 0 Å². The zero-order chi connectivity index (χ0) is 32.5. The number of ketones is 1. The van der Waals surface area contributed by atoms with E-state index in [4.69, 9.17) is 21.1 Å². The highest BCUT2D eigenvalue weighted by molar-refractivity contribution is 7.93. The van der Waals surface area contributed by atoms with Crippen LogP contribution in [0.25, 0.3) is 0 Å². The highest BCUT2D eigenvalue weighted by Crippen LogP contribution is 2.37. The minimum atomic E-state index is -4.95. The molecule has 0 spiro atoms. The summed E-state index contributed by atoms with van der Waals surface area (Å²) in [6.07, 6.45) is -0.725. The molecule has 1 saturated heterocycles. The van der Waals surface area contributed by atoms with Crippen molar-refractivity contribution in [1.82, 2.24) is 10.2 Å². The Hall–Kier alpha value is -3.27. The summed E-state index contributed by atoms with van der Waals surface area (Å²) in [5, 5.41) is 2.22. The van der Waals surface area contributed by atoms with E-state index in [1.165, 1.54) is 59.1 Å². The van der Waals surface area contributed by atoms with Crippen LogP contribution in [-0.2, 0) is 34.2 Å². The molecular weight excluding hydrogens is 629 g/mol. The van der Waals surface area contributed by atoms with Gasteiger partial charge in [-0.3, -0.25) is 4.79 Å². The number of rotatable bonds is 8. The number of hydrogen-bond donors (Lipinski definition) is 1. The summed E-state index contributed by atoms with van der Waals surface area (Å²) in [4.78, 5) is 40.8. The summed E-state index contributed by atoms with van der Waals surface area (Å²) in [6.45, 7) is 5.41. The van der Waals surface area contributed by atoms with E-state index in [1.54, 1.807) is 0 Å². The summed E-state index contributed by atoms with van der Waals surface area (Å²) >= 11 is 5.90. The fraction of sp³-hybridized carbons (Fsp3) is 0.444. The minimum absolute atomic E-state index is 0.00922. The third kappa shape index (κ3) is 7.63. The van der Waals surface area contributed by atoms with Crippen LogP contribution in [0.3, 0.4) is 0 Å². The molecule has 2 atom stereocenters. The van der Waals surface area contributed by atoms with Crippen LogP contribution < -0.4 is 14.4 Å². The first kappa shape index (κ1) is 34.2. The van der Waals surface area contributed by atoms with E-state index in [1.807, 2.05) is 0 Å². The van der Waals surface area contributed by atoms with Gasteiger partial charge in [0.2, 0.25) is 5.54 Å². The Morgan fingerprint density at radius 1 is 1.05 bits per heavy atom. The molecule has 43 heavy (non-hydrogen) atoms. The Morgan fingerprint density at radius 3 is 2.16 bits per heavy atom. The molecule has 236 valence electrons. The van der Waals surface area contributed by atoms with Gasteiger partial charge in [0, 0.05) is 20.6 Å². The first-order chi connectivity index (χ1) is 19.7. The number of sulfonamides is 1. The van der Waals surface area contributed by atoms with Crippen molar-refractivity contribution >= 4 is 55.0 Å². The van der Waals surface area contributed by atoms with Crippen LogP contribution in [0.2, 0.25) is 5.02 Å². The zero-order valence-corrected chi connectivity index (χ0v) is 26.8. The Kier molecular flexibility index (Phi) is 9.85. The van der Waals surface area contributed by atoms with Gasteiger partial charge in [-0.25, -0.2) is 35.1 Å². The molecule has 2 aromatic carbocycles. The molecule has 1 N–H and O–H groups in total. The maximum Gasteiger partial charge on any atom is 0.414 e. The lowest BCUT2D eigenvalue weighted by Gasteiger charge is -2.42. The summed E-state index contributed by atoms with van der Waals surface area (Å²) in [7, 11) is -5.76. The lowest BCUT2D eigenvalue weighted by molar-refractivity contribution is -0.163. The normalized spacial score (nSPS) is 18.2. The van der Waals surface area contributed by atoms with E-state index in [9.17, 15) is 35.6 Å². The molecule has 1 aliphatic heterocycles. The van der Waals surface area contributed by atoms with Crippen LogP contribution >= 0.6 is 11.6 Å². The molecule has 16 heteroatoms. The fourth-order valence-corrected chi connectivity index (χ4v) is 7.56. The predicted molar refractivity (Wildman–Crippen MR) is 157 cm³/mol. The molecule has 1 unspecified atom stereocenters. The van der Waals surface area contributed by atoms with E-state index in [-0.39, 0.29) is 23.7 Å². The summed E-state index contributed by atoms with van der Waals surface area (Å²) in [5.74, 6) is -4.26. The summed E-state index contributed by atoms with van der Waals surface area (Å²) < 4.78 is 78.8. The van der Waals surface area contributed by atoms with Crippen LogP contribution in [0.1, 0.15) is 27.7 Å². The second kappa shape index (κ2) is 12.4. The highest BCUT2D eigenvalue weighted by atomic mass is 35.5. The van der Waals surface area contributed by atoms with Crippen LogP contribution in [0.15, 0.2) is 47.4 Å². The van der Waals surface area contributed by atoms with Gasteiger partial charge in [0.05, 0.1) is 33.2 Å². The third-order valence-electron chi connectivity index (χ3n) is 6.29. The number of nitrogens with one attached hydrogen (secondary N) is 1. The highest BCUT2D eigenvalue weighted by Gasteiger charge is 2.57. The van der Waals surface area contributed by atoms with Crippen molar-refractivity contribution in [3.8, 4) is 5.75 Å². The molecule has 0 radical (unpaired) electrons. The largest absolute Gasteiger partial charge is 0.458 e. The standard InChI is InChI=1S/C27H33ClFN3O9S2/c1-26(2,3)41-24(34)27(4,23(33)22-16-42(36,37)14-13-30-22)32(43(38,39)19-11-12-21(29)20(28)15-19)17-7-9-18(10-8-17)40-25(35)31(5)6/h7-12,15,22,30H,13-14,16H2,1-6H3/t22?,27-/m1/s1. The number of hydrogen-bond acceptors (Lipinski definition) is 10. The number of sulfone groups is 1. The van der Waals surface area contributed by atoms with Crippen LogP contribution in [0, 0.1) is 5.82 Å². The Bertz CT molecular complexity index is 1630. The SMILES string of the molecule is CN(C)C(=O)Oc1ccc(N([C@@](C)(C(=O)OC(C)(C)C)C(=O)C2CS(=O)(=O)CCN2)S(=O)(=O)c2ccc(F)c(Cl)c2)cc1. The van der Waals surface area contributed by atoms with Gasteiger partial charge in [-0.05, 0) is 70.2 Å². The van der Waals surface area contributed by atoms with Gasteiger partial charge in [0.15, 0.2) is 15.6 Å². The van der Waals surface area contributed by atoms with Gasteiger partial charge in [0.1, 0.15) is 17.2 Å². The predicted octanol–water partition coefficient (Wildman–Crippen LogP) is 2.79. The van der Waals surface area contributed by atoms with Crippen LogP contribution in [0.5, 0.6) is 5.75 Å². The Morgan fingerprint density at radius 2 is 1.65 bits per heavy atom. The van der Waals surface area contributed by atoms with Gasteiger partial charge >= 0.3 is 12.1 Å². The van der Waals surface area contributed by atoms with Crippen molar-refractivity contribution in [3.63, 3.8) is 0 Å². The number of benzene rings is 2. The fourth-order valence-electron chi connectivity index (χ4n) is 4.18. The molecule has 1 aliphatic rings.